The Morgan fingerprint density at radius 3 is 2.92 bits per heavy atom. The fraction of sp³-hybridized carbons (Fsp3) is 0.421. The molecule has 0 radical (unpaired) electrons. The highest BCUT2D eigenvalue weighted by Crippen LogP contribution is 2.25. The van der Waals surface area contributed by atoms with Crippen LogP contribution in [0.25, 0.3) is 5.69 Å². The first-order valence-electron chi connectivity index (χ1n) is 8.77. The molecule has 0 aliphatic carbocycles. The lowest BCUT2D eigenvalue weighted by Gasteiger charge is -2.31. The van der Waals surface area contributed by atoms with Crippen LogP contribution < -0.4 is 5.73 Å². The summed E-state index contributed by atoms with van der Waals surface area (Å²) in [6, 6.07) is 6.16. The van der Waals surface area contributed by atoms with E-state index in [0.29, 0.717) is 18.8 Å². The Labute approximate surface area is 157 Å². The summed E-state index contributed by atoms with van der Waals surface area (Å²) < 4.78 is 2.02. The van der Waals surface area contributed by atoms with Crippen LogP contribution >= 0.6 is 11.8 Å². The fourth-order valence-electron chi connectivity index (χ4n) is 3.23. The number of hydrogen-bond acceptors (Lipinski definition) is 4. The Morgan fingerprint density at radius 2 is 2.15 bits per heavy atom. The predicted molar refractivity (Wildman–Crippen MR) is 102 cm³/mol. The van der Waals surface area contributed by atoms with E-state index in [1.165, 1.54) is 22.9 Å². The van der Waals surface area contributed by atoms with Gasteiger partial charge in [0.15, 0.2) is 5.16 Å². The first kappa shape index (κ1) is 18.5. The summed E-state index contributed by atoms with van der Waals surface area (Å²) in [6.45, 7) is 5.29. The van der Waals surface area contributed by atoms with Gasteiger partial charge in [-0.15, -0.1) is 0 Å². The maximum Gasteiger partial charge on any atom is 0.233 e. The molecule has 1 unspecified atom stereocenters. The monoisotopic (exact) mass is 372 g/mol. The molecule has 0 saturated carbocycles. The van der Waals surface area contributed by atoms with Crippen molar-refractivity contribution in [1.82, 2.24) is 14.5 Å². The highest BCUT2D eigenvalue weighted by atomic mass is 32.2. The Morgan fingerprint density at radius 1 is 1.35 bits per heavy atom. The second-order valence-electron chi connectivity index (χ2n) is 6.67. The van der Waals surface area contributed by atoms with Crippen molar-refractivity contribution in [2.24, 2.45) is 11.7 Å². The van der Waals surface area contributed by atoms with Crippen LogP contribution in [0.4, 0.5) is 0 Å². The van der Waals surface area contributed by atoms with Gasteiger partial charge in [-0.25, -0.2) is 4.98 Å². The molecule has 2 aromatic rings. The Hall–Kier alpha value is -2.28. The summed E-state index contributed by atoms with van der Waals surface area (Å²) in [5.74, 6) is -0.223. The molecule has 26 heavy (non-hydrogen) atoms. The maximum absolute atomic E-state index is 12.5. The molecule has 7 heteroatoms. The number of primary amides is 1. The highest BCUT2D eigenvalue weighted by Gasteiger charge is 2.27. The molecule has 1 aliphatic rings. The van der Waals surface area contributed by atoms with Gasteiger partial charge >= 0.3 is 0 Å². The normalized spacial score (nSPS) is 17.3. The van der Waals surface area contributed by atoms with E-state index in [0.717, 1.165) is 23.7 Å². The first-order chi connectivity index (χ1) is 12.5. The van der Waals surface area contributed by atoms with Gasteiger partial charge in [0.2, 0.25) is 11.8 Å². The third kappa shape index (κ3) is 3.93. The number of amides is 2. The number of aryl methyl sites for hydroxylation is 1. The second-order valence-corrected chi connectivity index (χ2v) is 7.61. The summed E-state index contributed by atoms with van der Waals surface area (Å²) in [5.41, 5.74) is 8.88. The van der Waals surface area contributed by atoms with E-state index in [4.69, 9.17) is 5.73 Å². The molecular weight excluding hydrogens is 348 g/mol. The lowest BCUT2D eigenvalue weighted by Crippen LogP contribution is -2.44. The summed E-state index contributed by atoms with van der Waals surface area (Å²) in [6.07, 6.45) is 5.25. The topological polar surface area (TPSA) is 81.2 Å². The SMILES string of the molecule is Cc1cccc(-n2ccnc2SCC(=O)N2CCCC(C(N)=O)C2)c1C. The van der Waals surface area contributed by atoms with E-state index in [1.807, 2.05) is 16.8 Å². The molecular formula is C19H24N4O2S. The average molecular weight is 372 g/mol. The number of hydrogen-bond donors (Lipinski definition) is 1. The summed E-state index contributed by atoms with van der Waals surface area (Å²) in [7, 11) is 0. The van der Waals surface area contributed by atoms with E-state index in [9.17, 15) is 9.59 Å². The fourth-order valence-corrected chi connectivity index (χ4v) is 4.10. The summed E-state index contributed by atoms with van der Waals surface area (Å²) >= 11 is 1.42. The number of aromatic nitrogens is 2. The number of benzene rings is 1. The molecule has 6 nitrogen and oxygen atoms in total. The number of carbonyl (C=O) groups is 2. The number of nitrogens with zero attached hydrogens (tertiary/aromatic N) is 3. The van der Waals surface area contributed by atoms with Gasteiger partial charge in [0.1, 0.15) is 0 Å². The van der Waals surface area contributed by atoms with Crippen molar-refractivity contribution in [3.05, 3.63) is 41.7 Å². The zero-order valence-electron chi connectivity index (χ0n) is 15.1. The van der Waals surface area contributed by atoms with Gasteiger partial charge in [0, 0.05) is 25.5 Å². The molecule has 0 spiro atoms. The number of piperidine rings is 1. The quantitative estimate of drug-likeness (QED) is 0.817. The lowest BCUT2D eigenvalue weighted by atomic mass is 9.97. The van der Waals surface area contributed by atoms with Crippen LogP contribution in [0.1, 0.15) is 24.0 Å². The van der Waals surface area contributed by atoms with Crippen LogP contribution in [-0.4, -0.2) is 45.1 Å². The molecule has 1 aromatic carbocycles. The van der Waals surface area contributed by atoms with Crippen molar-refractivity contribution in [3.63, 3.8) is 0 Å². The van der Waals surface area contributed by atoms with Gasteiger partial charge in [-0.05, 0) is 43.9 Å². The van der Waals surface area contributed by atoms with Crippen LogP contribution in [0.15, 0.2) is 35.7 Å². The van der Waals surface area contributed by atoms with E-state index in [-0.39, 0.29) is 17.7 Å². The standard InChI is InChI=1S/C19H24N4O2S/c1-13-5-3-7-16(14(13)2)23-10-8-21-19(23)26-12-17(24)22-9-4-6-15(11-22)18(20)25/h3,5,7-8,10,15H,4,6,9,11-12H2,1-2H3,(H2,20,25). The van der Waals surface area contributed by atoms with Crippen LogP contribution in [0.2, 0.25) is 0 Å². The molecule has 138 valence electrons. The molecule has 2 amide bonds. The summed E-state index contributed by atoms with van der Waals surface area (Å²) in [4.78, 5) is 30.1. The minimum atomic E-state index is -0.319. The molecule has 1 atom stereocenters. The number of rotatable bonds is 5. The largest absolute Gasteiger partial charge is 0.369 e. The number of carbonyl (C=O) groups excluding carboxylic acids is 2. The third-order valence-electron chi connectivity index (χ3n) is 4.94. The molecule has 3 rings (SSSR count). The Kier molecular flexibility index (Phi) is 5.66. The molecule has 2 N–H and O–H groups in total. The zero-order valence-corrected chi connectivity index (χ0v) is 16.0. The molecule has 2 heterocycles. The smallest absolute Gasteiger partial charge is 0.233 e. The van der Waals surface area contributed by atoms with Crippen molar-refractivity contribution in [1.29, 1.82) is 0 Å². The van der Waals surface area contributed by atoms with Crippen molar-refractivity contribution < 1.29 is 9.59 Å². The number of likely N-dealkylation sites (tertiary alicyclic amines) is 1. The molecule has 1 aromatic heterocycles. The first-order valence-corrected chi connectivity index (χ1v) is 9.75. The van der Waals surface area contributed by atoms with E-state index < -0.39 is 0 Å². The van der Waals surface area contributed by atoms with Crippen LogP contribution in [0.5, 0.6) is 0 Å². The summed E-state index contributed by atoms with van der Waals surface area (Å²) in [5, 5.41) is 0.788. The van der Waals surface area contributed by atoms with Gasteiger partial charge in [0.25, 0.3) is 0 Å². The number of nitrogens with two attached hydrogens (primary N) is 1. The number of imidazole rings is 1. The molecule has 1 saturated heterocycles. The molecule has 0 bridgehead atoms. The van der Waals surface area contributed by atoms with E-state index in [2.05, 4.69) is 31.0 Å². The van der Waals surface area contributed by atoms with Crippen molar-refractivity contribution in [2.45, 2.75) is 31.8 Å². The minimum absolute atomic E-state index is 0.0245. The van der Waals surface area contributed by atoms with E-state index >= 15 is 0 Å². The highest BCUT2D eigenvalue weighted by molar-refractivity contribution is 7.99. The zero-order chi connectivity index (χ0) is 18.7. The Bertz CT molecular complexity index is 818. The van der Waals surface area contributed by atoms with Crippen molar-refractivity contribution in [2.75, 3.05) is 18.8 Å². The average Bonchev–Trinajstić information content (AvgIpc) is 3.10. The van der Waals surface area contributed by atoms with Gasteiger partial charge in [-0.2, -0.15) is 0 Å². The van der Waals surface area contributed by atoms with Crippen molar-refractivity contribution >= 4 is 23.6 Å². The third-order valence-corrected chi connectivity index (χ3v) is 5.90. The second kappa shape index (κ2) is 7.95. The molecule has 1 aliphatic heterocycles. The van der Waals surface area contributed by atoms with Gasteiger partial charge in [0.05, 0.1) is 17.4 Å². The van der Waals surface area contributed by atoms with Gasteiger partial charge in [-0.3, -0.25) is 14.2 Å². The Balaban J connectivity index is 1.68. The van der Waals surface area contributed by atoms with Crippen LogP contribution in [0, 0.1) is 19.8 Å². The van der Waals surface area contributed by atoms with Crippen LogP contribution in [-0.2, 0) is 9.59 Å². The van der Waals surface area contributed by atoms with Gasteiger partial charge < -0.3 is 10.6 Å². The van der Waals surface area contributed by atoms with Crippen LogP contribution in [0.3, 0.4) is 0 Å². The van der Waals surface area contributed by atoms with Crippen molar-refractivity contribution in [3.8, 4) is 5.69 Å². The lowest BCUT2D eigenvalue weighted by molar-refractivity contribution is -0.132. The maximum atomic E-state index is 12.5. The van der Waals surface area contributed by atoms with E-state index in [1.54, 1.807) is 11.1 Å². The van der Waals surface area contributed by atoms with Gasteiger partial charge in [-0.1, -0.05) is 23.9 Å². The number of thioether (sulfide) groups is 1. The minimum Gasteiger partial charge on any atom is -0.369 e. The molecule has 1 fully saturated rings. The predicted octanol–water partition coefficient (Wildman–Crippen LogP) is 2.31.